The van der Waals surface area contributed by atoms with Crippen molar-refractivity contribution in [2.75, 3.05) is 12.4 Å². The van der Waals surface area contributed by atoms with Crippen LogP contribution in [0, 0.1) is 5.82 Å². The fraction of sp³-hybridized carbons (Fsp3) is 0.238. The van der Waals surface area contributed by atoms with Crippen LogP contribution in [0.15, 0.2) is 42.5 Å². The first-order valence-electron chi connectivity index (χ1n) is 9.08. The number of halogens is 2. The Morgan fingerprint density at radius 3 is 2.68 bits per heavy atom. The zero-order valence-corrected chi connectivity index (χ0v) is 16.1. The number of hydrogen-bond donors (Lipinski definition) is 1. The van der Waals surface area contributed by atoms with Crippen molar-refractivity contribution < 1.29 is 13.9 Å². The van der Waals surface area contributed by atoms with Crippen LogP contribution in [-0.2, 0) is 12.8 Å². The summed E-state index contributed by atoms with van der Waals surface area (Å²) >= 11 is 6.06. The van der Waals surface area contributed by atoms with E-state index in [0.29, 0.717) is 22.2 Å². The number of methoxy groups -OCH3 is 1. The first kappa shape index (κ1) is 18.5. The summed E-state index contributed by atoms with van der Waals surface area (Å²) in [5, 5.41) is 7.93. The van der Waals surface area contributed by atoms with Crippen molar-refractivity contribution in [2.24, 2.45) is 0 Å². The smallest absolute Gasteiger partial charge is 0.276 e. The van der Waals surface area contributed by atoms with Crippen LogP contribution < -0.4 is 10.1 Å². The Balaban J connectivity index is 1.73. The van der Waals surface area contributed by atoms with Crippen LogP contribution in [0.2, 0.25) is 5.02 Å². The lowest BCUT2D eigenvalue weighted by atomic mass is 9.95. The summed E-state index contributed by atoms with van der Waals surface area (Å²) in [6.45, 7) is 0. The van der Waals surface area contributed by atoms with E-state index >= 15 is 0 Å². The maximum absolute atomic E-state index is 13.3. The number of nitrogens with zero attached hydrogens (tertiary/aromatic N) is 2. The highest BCUT2D eigenvalue weighted by molar-refractivity contribution is 6.31. The lowest BCUT2D eigenvalue weighted by molar-refractivity contribution is 0.102. The molecule has 144 valence electrons. The summed E-state index contributed by atoms with van der Waals surface area (Å²) in [5.41, 5.74) is 3.54. The molecule has 0 unspecified atom stereocenters. The molecule has 3 aromatic rings. The molecule has 1 amide bonds. The molecule has 0 radical (unpaired) electrons. The van der Waals surface area contributed by atoms with Gasteiger partial charge in [-0.15, -0.1) is 0 Å². The second kappa shape index (κ2) is 7.64. The van der Waals surface area contributed by atoms with Crippen LogP contribution in [-0.4, -0.2) is 22.8 Å². The van der Waals surface area contributed by atoms with Gasteiger partial charge in [-0.2, -0.15) is 5.10 Å². The molecule has 0 saturated heterocycles. The lowest BCUT2D eigenvalue weighted by Gasteiger charge is -2.14. The molecule has 0 aliphatic heterocycles. The molecule has 28 heavy (non-hydrogen) atoms. The molecule has 1 aliphatic rings. The molecule has 0 bridgehead atoms. The van der Waals surface area contributed by atoms with E-state index in [2.05, 4.69) is 10.4 Å². The second-order valence-electron chi connectivity index (χ2n) is 6.67. The Kier molecular flexibility index (Phi) is 5.05. The molecule has 1 heterocycles. The van der Waals surface area contributed by atoms with Crippen LogP contribution in [0.5, 0.6) is 5.75 Å². The largest absolute Gasteiger partial charge is 0.495 e. The van der Waals surface area contributed by atoms with Gasteiger partial charge in [-0.1, -0.05) is 11.6 Å². The first-order chi connectivity index (χ1) is 13.6. The van der Waals surface area contributed by atoms with E-state index in [1.807, 2.05) is 0 Å². The average molecular weight is 400 g/mol. The molecular weight excluding hydrogens is 381 g/mol. The Hall–Kier alpha value is -2.86. The number of fused-ring (bicyclic) bond motifs is 1. The third-order valence-corrected chi connectivity index (χ3v) is 5.11. The number of anilines is 1. The average Bonchev–Trinajstić information content (AvgIpc) is 3.09. The Morgan fingerprint density at radius 1 is 1.18 bits per heavy atom. The van der Waals surface area contributed by atoms with Gasteiger partial charge in [0.1, 0.15) is 11.6 Å². The van der Waals surface area contributed by atoms with Crippen molar-refractivity contribution in [3.63, 3.8) is 0 Å². The van der Waals surface area contributed by atoms with Crippen molar-refractivity contribution in [3.8, 4) is 11.4 Å². The van der Waals surface area contributed by atoms with Gasteiger partial charge < -0.3 is 10.1 Å². The first-order valence-corrected chi connectivity index (χ1v) is 9.46. The Bertz CT molecular complexity index is 1030. The molecule has 7 heteroatoms. The van der Waals surface area contributed by atoms with Gasteiger partial charge in [0.2, 0.25) is 0 Å². The molecule has 0 atom stereocenters. The minimum absolute atomic E-state index is 0.309. The maximum atomic E-state index is 13.3. The summed E-state index contributed by atoms with van der Waals surface area (Å²) in [6.07, 6.45) is 3.64. The third kappa shape index (κ3) is 3.47. The number of carbonyl (C=O) groups is 1. The van der Waals surface area contributed by atoms with E-state index in [4.69, 9.17) is 16.3 Å². The Morgan fingerprint density at radius 2 is 1.93 bits per heavy atom. The second-order valence-corrected chi connectivity index (χ2v) is 7.10. The molecule has 1 aliphatic carbocycles. The fourth-order valence-electron chi connectivity index (χ4n) is 3.54. The minimum Gasteiger partial charge on any atom is -0.495 e. The van der Waals surface area contributed by atoms with E-state index in [-0.39, 0.29) is 11.7 Å². The highest BCUT2D eigenvalue weighted by Crippen LogP contribution is 2.30. The summed E-state index contributed by atoms with van der Waals surface area (Å²) in [4.78, 5) is 13.0. The van der Waals surface area contributed by atoms with Crippen LogP contribution in [0.4, 0.5) is 10.1 Å². The molecule has 0 saturated carbocycles. The zero-order chi connectivity index (χ0) is 19.7. The van der Waals surface area contributed by atoms with Gasteiger partial charge in [-0.25, -0.2) is 9.07 Å². The van der Waals surface area contributed by atoms with Crippen molar-refractivity contribution >= 4 is 23.2 Å². The Labute approximate surface area is 167 Å². The van der Waals surface area contributed by atoms with E-state index in [1.54, 1.807) is 35.0 Å². The van der Waals surface area contributed by atoms with E-state index in [9.17, 15) is 9.18 Å². The standard InChI is InChI=1S/C21H19ClFN3O2/c1-28-19-11-6-13(22)12-17(19)24-21(27)20-16-4-2-3-5-18(16)26(25-20)15-9-7-14(23)8-10-15/h6-12H,2-5H2,1H3,(H,24,27). The monoisotopic (exact) mass is 399 g/mol. The van der Waals surface area contributed by atoms with Crippen LogP contribution in [0.3, 0.4) is 0 Å². The zero-order valence-electron chi connectivity index (χ0n) is 15.3. The highest BCUT2D eigenvalue weighted by Gasteiger charge is 2.26. The van der Waals surface area contributed by atoms with Crippen molar-refractivity contribution in [1.82, 2.24) is 9.78 Å². The van der Waals surface area contributed by atoms with Gasteiger partial charge in [0.25, 0.3) is 5.91 Å². The van der Waals surface area contributed by atoms with Gasteiger partial charge in [-0.05, 0) is 68.1 Å². The molecule has 5 nitrogen and oxygen atoms in total. The topological polar surface area (TPSA) is 56.1 Å². The third-order valence-electron chi connectivity index (χ3n) is 4.88. The summed E-state index contributed by atoms with van der Waals surface area (Å²) < 4.78 is 20.4. The van der Waals surface area contributed by atoms with E-state index in [0.717, 1.165) is 42.6 Å². The van der Waals surface area contributed by atoms with Crippen LogP contribution in [0.25, 0.3) is 5.69 Å². The normalized spacial score (nSPS) is 13.1. The predicted octanol–water partition coefficient (Wildman–Crippen LogP) is 4.80. The van der Waals surface area contributed by atoms with Crippen LogP contribution in [0.1, 0.15) is 34.6 Å². The molecule has 1 aromatic heterocycles. The number of benzene rings is 2. The van der Waals surface area contributed by atoms with E-state index < -0.39 is 0 Å². The quantitative estimate of drug-likeness (QED) is 0.685. The van der Waals surface area contributed by atoms with Crippen molar-refractivity contribution in [2.45, 2.75) is 25.7 Å². The fourth-order valence-corrected chi connectivity index (χ4v) is 3.71. The number of ether oxygens (including phenoxy) is 1. The molecule has 0 spiro atoms. The van der Waals surface area contributed by atoms with E-state index in [1.165, 1.54) is 19.2 Å². The molecule has 1 N–H and O–H groups in total. The lowest BCUT2D eigenvalue weighted by Crippen LogP contribution is -2.16. The number of rotatable bonds is 4. The number of hydrogen-bond acceptors (Lipinski definition) is 3. The number of nitrogens with one attached hydrogen (secondary N) is 1. The highest BCUT2D eigenvalue weighted by atomic mass is 35.5. The predicted molar refractivity (Wildman–Crippen MR) is 106 cm³/mol. The molecule has 4 rings (SSSR count). The number of carbonyl (C=O) groups excluding carboxylic acids is 1. The molecule has 0 fully saturated rings. The van der Waals surface area contributed by atoms with Crippen LogP contribution >= 0.6 is 11.6 Å². The van der Waals surface area contributed by atoms with Gasteiger partial charge in [-0.3, -0.25) is 4.79 Å². The van der Waals surface area contributed by atoms with Crippen molar-refractivity contribution in [1.29, 1.82) is 0 Å². The van der Waals surface area contributed by atoms with Gasteiger partial charge >= 0.3 is 0 Å². The number of aromatic nitrogens is 2. The maximum Gasteiger partial charge on any atom is 0.276 e. The number of amides is 1. The SMILES string of the molecule is COc1ccc(Cl)cc1NC(=O)c1nn(-c2ccc(F)cc2)c2c1CCCC2. The summed E-state index contributed by atoms with van der Waals surface area (Å²) in [5.74, 6) is -0.111. The summed E-state index contributed by atoms with van der Waals surface area (Å²) in [6, 6.07) is 11.1. The molecule has 2 aromatic carbocycles. The van der Waals surface area contributed by atoms with Crippen molar-refractivity contribution in [3.05, 3.63) is 70.3 Å². The van der Waals surface area contributed by atoms with Gasteiger partial charge in [0, 0.05) is 16.3 Å². The molecular formula is C21H19ClFN3O2. The minimum atomic E-state index is -0.320. The van der Waals surface area contributed by atoms with Gasteiger partial charge in [0.05, 0.1) is 18.5 Å². The van der Waals surface area contributed by atoms with Gasteiger partial charge in [0.15, 0.2) is 5.69 Å². The summed E-state index contributed by atoms with van der Waals surface area (Å²) in [7, 11) is 1.53.